The maximum Gasteiger partial charge on any atom is 0.229 e. The fourth-order valence-corrected chi connectivity index (χ4v) is 3.41. The molecule has 0 aromatic carbocycles. The Balaban J connectivity index is 1.56. The SMILES string of the molecule is NC1COCC1C(=O)N1CCC(N2CCCC2)C1. The third-order valence-corrected chi connectivity index (χ3v) is 4.57. The monoisotopic (exact) mass is 253 g/mol. The average molecular weight is 253 g/mol. The van der Waals surface area contributed by atoms with Crippen LogP contribution in [0.3, 0.4) is 0 Å². The molecule has 3 aliphatic heterocycles. The molecule has 5 nitrogen and oxygen atoms in total. The molecule has 102 valence electrons. The van der Waals surface area contributed by atoms with E-state index < -0.39 is 0 Å². The van der Waals surface area contributed by atoms with Crippen LogP contribution in [0.4, 0.5) is 0 Å². The van der Waals surface area contributed by atoms with Gasteiger partial charge in [0.1, 0.15) is 0 Å². The largest absolute Gasteiger partial charge is 0.379 e. The van der Waals surface area contributed by atoms with Crippen molar-refractivity contribution in [1.29, 1.82) is 0 Å². The predicted octanol–water partition coefficient (Wildman–Crippen LogP) is -0.343. The van der Waals surface area contributed by atoms with Crippen LogP contribution in [0.2, 0.25) is 0 Å². The van der Waals surface area contributed by atoms with Crippen LogP contribution in [0.5, 0.6) is 0 Å². The molecule has 3 aliphatic rings. The van der Waals surface area contributed by atoms with Crippen molar-refractivity contribution >= 4 is 5.91 Å². The van der Waals surface area contributed by atoms with E-state index in [1.807, 2.05) is 4.90 Å². The molecule has 3 unspecified atom stereocenters. The quantitative estimate of drug-likeness (QED) is 0.731. The zero-order valence-corrected chi connectivity index (χ0v) is 10.9. The summed E-state index contributed by atoms with van der Waals surface area (Å²) in [4.78, 5) is 16.9. The van der Waals surface area contributed by atoms with Crippen molar-refractivity contribution in [3.05, 3.63) is 0 Å². The molecule has 0 spiro atoms. The molecule has 3 heterocycles. The molecule has 0 aromatic heterocycles. The van der Waals surface area contributed by atoms with Gasteiger partial charge >= 0.3 is 0 Å². The lowest BCUT2D eigenvalue weighted by molar-refractivity contribution is -0.134. The van der Waals surface area contributed by atoms with Gasteiger partial charge in [0.15, 0.2) is 0 Å². The summed E-state index contributed by atoms with van der Waals surface area (Å²) in [5.74, 6) is 0.101. The first-order valence-corrected chi connectivity index (χ1v) is 7.12. The van der Waals surface area contributed by atoms with E-state index in [1.54, 1.807) is 0 Å². The molecule has 3 atom stereocenters. The predicted molar refractivity (Wildman–Crippen MR) is 68.1 cm³/mol. The van der Waals surface area contributed by atoms with Gasteiger partial charge in [0.25, 0.3) is 0 Å². The van der Waals surface area contributed by atoms with Gasteiger partial charge in [-0.1, -0.05) is 0 Å². The van der Waals surface area contributed by atoms with Crippen molar-refractivity contribution in [2.75, 3.05) is 39.4 Å². The van der Waals surface area contributed by atoms with E-state index in [2.05, 4.69) is 4.90 Å². The van der Waals surface area contributed by atoms with Gasteiger partial charge in [-0.2, -0.15) is 0 Å². The highest BCUT2D eigenvalue weighted by molar-refractivity contribution is 5.80. The maximum absolute atomic E-state index is 12.4. The molecule has 3 fully saturated rings. The summed E-state index contributed by atoms with van der Waals surface area (Å²) in [5.41, 5.74) is 5.92. The van der Waals surface area contributed by atoms with Gasteiger partial charge < -0.3 is 15.4 Å². The third kappa shape index (κ3) is 2.27. The number of nitrogens with zero attached hydrogens (tertiary/aromatic N) is 2. The van der Waals surface area contributed by atoms with Crippen LogP contribution in [0.1, 0.15) is 19.3 Å². The van der Waals surface area contributed by atoms with Gasteiger partial charge in [-0.05, 0) is 32.4 Å². The number of carbonyl (C=O) groups is 1. The Morgan fingerprint density at radius 3 is 2.61 bits per heavy atom. The average Bonchev–Trinajstić information content (AvgIpc) is 3.09. The molecule has 1 amide bonds. The van der Waals surface area contributed by atoms with Gasteiger partial charge in [-0.3, -0.25) is 9.69 Å². The molecule has 3 rings (SSSR count). The fourth-order valence-electron chi connectivity index (χ4n) is 3.41. The number of rotatable bonds is 2. The Morgan fingerprint density at radius 1 is 1.17 bits per heavy atom. The molecule has 5 heteroatoms. The first kappa shape index (κ1) is 12.4. The van der Waals surface area contributed by atoms with Crippen LogP contribution in [-0.2, 0) is 9.53 Å². The number of amides is 1. The van der Waals surface area contributed by atoms with Crippen LogP contribution in [0, 0.1) is 5.92 Å². The summed E-state index contributed by atoms with van der Waals surface area (Å²) in [7, 11) is 0. The Hall–Kier alpha value is -0.650. The lowest BCUT2D eigenvalue weighted by Gasteiger charge is -2.25. The number of carbonyl (C=O) groups excluding carboxylic acids is 1. The number of hydrogen-bond acceptors (Lipinski definition) is 4. The molecular weight excluding hydrogens is 230 g/mol. The van der Waals surface area contributed by atoms with Gasteiger partial charge in [-0.15, -0.1) is 0 Å². The number of ether oxygens (including phenoxy) is 1. The molecular formula is C13H23N3O2. The highest BCUT2D eigenvalue weighted by atomic mass is 16.5. The molecule has 0 aromatic rings. The third-order valence-electron chi connectivity index (χ3n) is 4.57. The van der Waals surface area contributed by atoms with E-state index in [0.717, 1.165) is 19.5 Å². The Morgan fingerprint density at radius 2 is 1.94 bits per heavy atom. The van der Waals surface area contributed by atoms with Crippen LogP contribution in [0.25, 0.3) is 0 Å². The smallest absolute Gasteiger partial charge is 0.229 e. The Kier molecular flexibility index (Phi) is 3.54. The molecule has 0 radical (unpaired) electrons. The second-order valence-corrected chi connectivity index (χ2v) is 5.78. The number of hydrogen-bond donors (Lipinski definition) is 1. The second-order valence-electron chi connectivity index (χ2n) is 5.78. The minimum Gasteiger partial charge on any atom is -0.379 e. The van der Waals surface area contributed by atoms with Crippen molar-refractivity contribution in [1.82, 2.24) is 9.80 Å². The van der Waals surface area contributed by atoms with E-state index in [0.29, 0.717) is 19.3 Å². The van der Waals surface area contributed by atoms with E-state index in [9.17, 15) is 4.79 Å². The lowest BCUT2D eigenvalue weighted by Crippen LogP contribution is -2.44. The highest BCUT2D eigenvalue weighted by Gasteiger charge is 2.38. The summed E-state index contributed by atoms with van der Waals surface area (Å²) in [5, 5.41) is 0. The van der Waals surface area contributed by atoms with E-state index in [-0.39, 0.29) is 17.9 Å². The highest BCUT2D eigenvalue weighted by Crippen LogP contribution is 2.23. The molecule has 3 saturated heterocycles. The zero-order valence-electron chi connectivity index (χ0n) is 10.9. The maximum atomic E-state index is 12.4. The van der Waals surface area contributed by atoms with E-state index in [4.69, 9.17) is 10.5 Å². The van der Waals surface area contributed by atoms with Crippen molar-refractivity contribution in [2.24, 2.45) is 11.7 Å². The first-order chi connectivity index (χ1) is 8.75. The standard InChI is InChI=1S/C13H23N3O2/c14-12-9-18-8-11(12)13(17)16-6-3-10(7-16)15-4-1-2-5-15/h10-12H,1-9,14H2. The van der Waals surface area contributed by atoms with Crippen LogP contribution in [0.15, 0.2) is 0 Å². The number of nitrogens with two attached hydrogens (primary N) is 1. The van der Waals surface area contributed by atoms with Crippen molar-refractivity contribution < 1.29 is 9.53 Å². The minimum atomic E-state index is -0.109. The summed E-state index contributed by atoms with van der Waals surface area (Å²) in [6, 6.07) is 0.471. The fraction of sp³-hybridized carbons (Fsp3) is 0.923. The van der Waals surface area contributed by atoms with E-state index in [1.165, 1.54) is 25.9 Å². The molecule has 0 bridgehead atoms. The zero-order chi connectivity index (χ0) is 12.5. The van der Waals surface area contributed by atoms with Crippen molar-refractivity contribution in [3.8, 4) is 0 Å². The van der Waals surface area contributed by atoms with Crippen LogP contribution >= 0.6 is 0 Å². The van der Waals surface area contributed by atoms with Gasteiger partial charge in [0.2, 0.25) is 5.91 Å². The van der Waals surface area contributed by atoms with Crippen molar-refractivity contribution in [3.63, 3.8) is 0 Å². The summed E-state index contributed by atoms with van der Waals surface area (Å²) in [6.45, 7) is 5.23. The molecule has 0 aliphatic carbocycles. The minimum absolute atomic E-state index is 0.108. The first-order valence-electron chi connectivity index (χ1n) is 7.12. The van der Waals surface area contributed by atoms with Gasteiger partial charge in [-0.25, -0.2) is 0 Å². The summed E-state index contributed by atoms with van der Waals surface area (Å²) in [6.07, 6.45) is 3.74. The topological polar surface area (TPSA) is 58.8 Å². The Bertz CT molecular complexity index is 317. The molecule has 0 saturated carbocycles. The molecule has 18 heavy (non-hydrogen) atoms. The lowest BCUT2D eigenvalue weighted by atomic mass is 10.0. The van der Waals surface area contributed by atoms with Crippen molar-refractivity contribution in [2.45, 2.75) is 31.3 Å². The normalized spacial score (nSPS) is 37.6. The second kappa shape index (κ2) is 5.15. The summed E-state index contributed by atoms with van der Waals surface area (Å²) < 4.78 is 5.29. The number of likely N-dealkylation sites (tertiary alicyclic amines) is 2. The Labute approximate surface area is 108 Å². The van der Waals surface area contributed by atoms with E-state index >= 15 is 0 Å². The van der Waals surface area contributed by atoms with Gasteiger partial charge in [0.05, 0.1) is 19.1 Å². The van der Waals surface area contributed by atoms with Gasteiger partial charge in [0, 0.05) is 25.2 Å². The van der Waals surface area contributed by atoms with Crippen LogP contribution in [-0.4, -0.2) is 67.2 Å². The van der Waals surface area contributed by atoms with Crippen LogP contribution < -0.4 is 5.73 Å². The molecule has 2 N–H and O–H groups in total. The summed E-state index contributed by atoms with van der Waals surface area (Å²) >= 11 is 0.